The predicted octanol–water partition coefficient (Wildman–Crippen LogP) is 2.47. The molecule has 1 aromatic rings. The van der Waals surface area contributed by atoms with Crippen molar-refractivity contribution < 1.29 is 23.5 Å². The Balaban J connectivity index is 1.92. The Hall–Kier alpha value is -1.98. The highest BCUT2D eigenvalue weighted by Gasteiger charge is 2.30. The quantitative estimate of drug-likeness (QED) is 0.897. The summed E-state index contributed by atoms with van der Waals surface area (Å²) in [6.45, 7) is -0.101. The van der Waals surface area contributed by atoms with Crippen LogP contribution in [0, 0.1) is 23.5 Å². The summed E-state index contributed by atoms with van der Waals surface area (Å²) in [5, 5.41) is 11.5. The van der Waals surface area contributed by atoms with Gasteiger partial charge in [0, 0.05) is 18.0 Å². The second-order valence-corrected chi connectivity index (χ2v) is 5.35. The zero-order chi connectivity index (χ0) is 15.4. The van der Waals surface area contributed by atoms with E-state index in [4.69, 9.17) is 5.11 Å². The van der Waals surface area contributed by atoms with Crippen molar-refractivity contribution in [2.24, 2.45) is 11.8 Å². The van der Waals surface area contributed by atoms with Gasteiger partial charge in [-0.1, -0.05) is 6.42 Å². The van der Waals surface area contributed by atoms with Crippen LogP contribution in [-0.4, -0.2) is 17.0 Å². The minimum Gasteiger partial charge on any atom is -0.481 e. The number of aliphatic carboxylic acids is 1. The molecule has 1 aromatic carbocycles. The zero-order valence-corrected chi connectivity index (χ0v) is 11.4. The SMILES string of the molecule is O=C(O)[C@@H]1CCC[C@@H](C(=O)NCc2cc(F)ccc2F)C1. The monoisotopic (exact) mass is 297 g/mol. The zero-order valence-electron chi connectivity index (χ0n) is 11.4. The number of halogens is 2. The van der Waals surface area contributed by atoms with Crippen molar-refractivity contribution in [2.75, 3.05) is 0 Å². The van der Waals surface area contributed by atoms with Crippen LogP contribution in [0.1, 0.15) is 31.2 Å². The average Bonchev–Trinajstić information content (AvgIpc) is 2.48. The molecular weight excluding hydrogens is 280 g/mol. The van der Waals surface area contributed by atoms with Crippen LogP contribution in [-0.2, 0) is 16.1 Å². The molecule has 1 amide bonds. The molecule has 114 valence electrons. The molecule has 0 unspecified atom stereocenters. The third kappa shape index (κ3) is 4.00. The molecule has 0 aromatic heterocycles. The van der Waals surface area contributed by atoms with Gasteiger partial charge < -0.3 is 10.4 Å². The van der Waals surface area contributed by atoms with Gasteiger partial charge in [0.2, 0.25) is 5.91 Å². The van der Waals surface area contributed by atoms with Crippen molar-refractivity contribution in [1.82, 2.24) is 5.32 Å². The second-order valence-electron chi connectivity index (χ2n) is 5.35. The largest absolute Gasteiger partial charge is 0.481 e. The Morgan fingerprint density at radius 1 is 1.24 bits per heavy atom. The number of nitrogens with one attached hydrogen (secondary N) is 1. The van der Waals surface area contributed by atoms with Crippen LogP contribution in [0.4, 0.5) is 8.78 Å². The van der Waals surface area contributed by atoms with E-state index in [9.17, 15) is 18.4 Å². The van der Waals surface area contributed by atoms with Crippen molar-refractivity contribution >= 4 is 11.9 Å². The normalized spacial score (nSPS) is 21.8. The van der Waals surface area contributed by atoms with Gasteiger partial charge in [0.05, 0.1) is 5.92 Å². The van der Waals surface area contributed by atoms with Gasteiger partial charge in [-0.15, -0.1) is 0 Å². The maximum atomic E-state index is 13.4. The average molecular weight is 297 g/mol. The molecule has 0 aliphatic heterocycles. The molecule has 2 atom stereocenters. The first-order valence-electron chi connectivity index (χ1n) is 6.92. The van der Waals surface area contributed by atoms with Gasteiger partial charge in [-0.3, -0.25) is 9.59 Å². The van der Waals surface area contributed by atoms with E-state index in [0.29, 0.717) is 25.7 Å². The third-order valence-electron chi connectivity index (χ3n) is 3.86. The Morgan fingerprint density at radius 2 is 1.95 bits per heavy atom. The number of amides is 1. The number of carbonyl (C=O) groups is 2. The fraction of sp³-hybridized carbons (Fsp3) is 0.467. The first kappa shape index (κ1) is 15.4. The molecule has 0 saturated heterocycles. The summed E-state index contributed by atoms with van der Waals surface area (Å²) in [6.07, 6.45) is 2.19. The van der Waals surface area contributed by atoms with E-state index in [0.717, 1.165) is 18.2 Å². The van der Waals surface area contributed by atoms with Crippen molar-refractivity contribution in [3.63, 3.8) is 0 Å². The van der Waals surface area contributed by atoms with Crippen molar-refractivity contribution in [3.8, 4) is 0 Å². The lowest BCUT2D eigenvalue weighted by molar-refractivity contribution is -0.144. The van der Waals surface area contributed by atoms with Crippen molar-refractivity contribution in [2.45, 2.75) is 32.2 Å². The Kier molecular flexibility index (Phi) is 4.88. The molecule has 21 heavy (non-hydrogen) atoms. The maximum absolute atomic E-state index is 13.4. The van der Waals surface area contributed by atoms with E-state index in [1.807, 2.05) is 0 Å². The fourth-order valence-corrected chi connectivity index (χ4v) is 2.66. The van der Waals surface area contributed by atoms with Gasteiger partial charge in [0.15, 0.2) is 0 Å². The van der Waals surface area contributed by atoms with E-state index < -0.39 is 23.5 Å². The van der Waals surface area contributed by atoms with Crippen LogP contribution < -0.4 is 5.32 Å². The molecule has 1 aliphatic rings. The summed E-state index contributed by atoms with van der Waals surface area (Å²) in [5.41, 5.74) is 0.0777. The second kappa shape index (κ2) is 6.65. The Morgan fingerprint density at radius 3 is 2.67 bits per heavy atom. The lowest BCUT2D eigenvalue weighted by Gasteiger charge is -2.25. The lowest BCUT2D eigenvalue weighted by Crippen LogP contribution is -2.35. The molecule has 0 spiro atoms. The molecular formula is C15H17F2NO3. The van der Waals surface area contributed by atoms with Crippen LogP contribution in [0.15, 0.2) is 18.2 Å². The van der Waals surface area contributed by atoms with E-state index >= 15 is 0 Å². The first-order chi connectivity index (χ1) is 9.97. The first-order valence-corrected chi connectivity index (χ1v) is 6.92. The highest BCUT2D eigenvalue weighted by molar-refractivity contribution is 5.80. The number of benzene rings is 1. The van der Waals surface area contributed by atoms with Crippen LogP contribution in [0.25, 0.3) is 0 Å². The van der Waals surface area contributed by atoms with E-state index in [2.05, 4.69) is 5.32 Å². The van der Waals surface area contributed by atoms with Gasteiger partial charge in [-0.05, 0) is 37.5 Å². The van der Waals surface area contributed by atoms with Gasteiger partial charge in [-0.25, -0.2) is 8.78 Å². The number of hydrogen-bond donors (Lipinski definition) is 2. The molecule has 1 fully saturated rings. The maximum Gasteiger partial charge on any atom is 0.306 e. The minimum atomic E-state index is -0.885. The summed E-state index contributed by atoms with van der Waals surface area (Å²) in [6, 6.07) is 3.06. The fourth-order valence-electron chi connectivity index (χ4n) is 2.66. The van der Waals surface area contributed by atoms with E-state index in [1.54, 1.807) is 0 Å². The highest BCUT2D eigenvalue weighted by Crippen LogP contribution is 2.29. The summed E-state index contributed by atoms with van der Waals surface area (Å²) in [5.74, 6) is -3.21. The molecule has 0 bridgehead atoms. The molecule has 0 radical (unpaired) electrons. The van der Waals surface area contributed by atoms with E-state index in [1.165, 1.54) is 0 Å². The van der Waals surface area contributed by atoms with E-state index in [-0.39, 0.29) is 23.9 Å². The highest BCUT2D eigenvalue weighted by atomic mass is 19.1. The van der Waals surface area contributed by atoms with Gasteiger partial charge in [-0.2, -0.15) is 0 Å². The summed E-state index contributed by atoms with van der Waals surface area (Å²) < 4.78 is 26.5. The molecule has 2 rings (SSSR count). The van der Waals surface area contributed by atoms with Gasteiger partial charge >= 0.3 is 5.97 Å². The number of rotatable bonds is 4. The van der Waals surface area contributed by atoms with Gasteiger partial charge in [0.25, 0.3) is 0 Å². The predicted molar refractivity (Wildman–Crippen MR) is 71.3 cm³/mol. The van der Waals surface area contributed by atoms with Crippen LogP contribution >= 0.6 is 0 Å². The van der Waals surface area contributed by atoms with Crippen molar-refractivity contribution in [3.05, 3.63) is 35.4 Å². The molecule has 1 aliphatic carbocycles. The number of carboxylic acid groups (broad SMARTS) is 1. The number of carboxylic acids is 1. The van der Waals surface area contributed by atoms with Crippen molar-refractivity contribution in [1.29, 1.82) is 0 Å². The number of hydrogen-bond acceptors (Lipinski definition) is 2. The standard InChI is InChI=1S/C15H17F2NO3/c16-12-4-5-13(17)11(7-12)8-18-14(19)9-2-1-3-10(6-9)15(20)21/h4-5,7,9-10H,1-3,6,8H2,(H,18,19)(H,20,21)/t9-,10-/m1/s1. The minimum absolute atomic E-state index is 0.0777. The molecule has 6 heteroatoms. The molecule has 0 heterocycles. The van der Waals surface area contributed by atoms with Crippen LogP contribution in [0.3, 0.4) is 0 Å². The molecule has 1 saturated carbocycles. The lowest BCUT2D eigenvalue weighted by atomic mass is 9.81. The Labute approximate surface area is 121 Å². The smallest absolute Gasteiger partial charge is 0.306 e. The third-order valence-corrected chi connectivity index (χ3v) is 3.86. The van der Waals surface area contributed by atoms with Gasteiger partial charge in [0.1, 0.15) is 11.6 Å². The molecule has 4 nitrogen and oxygen atoms in total. The van der Waals surface area contributed by atoms with Crippen LogP contribution in [0.2, 0.25) is 0 Å². The summed E-state index contributed by atoms with van der Waals surface area (Å²) in [4.78, 5) is 23.0. The number of carbonyl (C=O) groups excluding carboxylic acids is 1. The molecule has 2 N–H and O–H groups in total. The summed E-state index contributed by atoms with van der Waals surface area (Å²) >= 11 is 0. The topological polar surface area (TPSA) is 66.4 Å². The summed E-state index contributed by atoms with van der Waals surface area (Å²) in [7, 11) is 0. The Bertz CT molecular complexity index is 548. The van der Waals surface area contributed by atoms with Crippen LogP contribution in [0.5, 0.6) is 0 Å².